The predicted octanol–water partition coefficient (Wildman–Crippen LogP) is 5.48. The zero-order valence-corrected chi connectivity index (χ0v) is 14.5. The molecule has 0 saturated heterocycles. The fraction of sp³-hybridized carbons (Fsp3) is 0.294. The monoisotopic (exact) mass is 367 g/mol. The summed E-state index contributed by atoms with van der Waals surface area (Å²) in [5.41, 5.74) is 8.20. The minimum absolute atomic E-state index is 0.125. The van der Waals surface area contributed by atoms with Crippen molar-refractivity contribution in [2.45, 2.75) is 32.7 Å². The van der Waals surface area contributed by atoms with Crippen LogP contribution in [-0.4, -0.2) is 6.04 Å². The Morgan fingerprint density at radius 2 is 1.95 bits per heavy atom. The highest BCUT2D eigenvalue weighted by Crippen LogP contribution is 2.32. The summed E-state index contributed by atoms with van der Waals surface area (Å²) in [5.74, 6) is 1.60. The molecular weight excluding hydrogens is 350 g/mol. The Labute approximate surface area is 139 Å². The normalized spacial score (nSPS) is 12.2. The molecule has 1 unspecified atom stereocenters. The molecule has 21 heavy (non-hydrogen) atoms. The quantitative estimate of drug-likeness (QED) is 0.758. The summed E-state index contributed by atoms with van der Waals surface area (Å²) in [6, 6.07) is 11.8. The lowest BCUT2D eigenvalue weighted by Crippen LogP contribution is -2.21. The minimum Gasteiger partial charge on any atom is -0.457 e. The number of halogens is 2. The van der Waals surface area contributed by atoms with Gasteiger partial charge in [0.15, 0.2) is 0 Å². The van der Waals surface area contributed by atoms with Crippen LogP contribution >= 0.6 is 27.5 Å². The van der Waals surface area contributed by atoms with Crippen LogP contribution in [0.15, 0.2) is 40.9 Å². The van der Waals surface area contributed by atoms with Gasteiger partial charge in [0.2, 0.25) is 0 Å². The Morgan fingerprint density at radius 3 is 2.62 bits per heavy atom. The van der Waals surface area contributed by atoms with Crippen LogP contribution in [0.4, 0.5) is 0 Å². The number of benzene rings is 2. The van der Waals surface area contributed by atoms with E-state index < -0.39 is 0 Å². The van der Waals surface area contributed by atoms with Crippen molar-refractivity contribution in [2.75, 3.05) is 0 Å². The molecule has 0 aliphatic heterocycles. The van der Waals surface area contributed by atoms with Crippen LogP contribution < -0.4 is 10.5 Å². The van der Waals surface area contributed by atoms with Gasteiger partial charge in [-0.2, -0.15) is 0 Å². The third-order valence-electron chi connectivity index (χ3n) is 3.39. The molecule has 2 aromatic carbocycles. The number of nitrogens with two attached hydrogens (primary N) is 1. The van der Waals surface area contributed by atoms with Gasteiger partial charge in [0.1, 0.15) is 11.5 Å². The Balaban J connectivity index is 2.31. The fourth-order valence-corrected chi connectivity index (χ4v) is 2.70. The lowest BCUT2D eigenvalue weighted by Gasteiger charge is -2.16. The SMILES string of the molecule is CCC(N)Cc1ccc(Cl)cc1Oc1ccc(Br)cc1C. The second-order valence-corrected chi connectivity index (χ2v) is 6.49. The van der Waals surface area contributed by atoms with E-state index in [0.29, 0.717) is 5.02 Å². The topological polar surface area (TPSA) is 35.2 Å². The molecule has 0 radical (unpaired) electrons. The van der Waals surface area contributed by atoms with Gasteiger partial charge in [-0.15, -0.1) is 0 Å². The van der Waals surface area contributed by atoms with E-state index in [-0.39, 0.29) is 6.04 Å². The molecule has 0 aliphatic carbocycles. The molecule has 0 saturated carbocycles. The Hall–Kier alpha value is -1.03. The molecule has 4 heteroatoms. The van der Waals surface area contributed by atoms with Gasteiger partial charge < -0.3 is 10.5 Å². The third-order valence-corrected chi connectivity index (χ3v) is 4.12. The Morgan fingerprint density at radius 1 is 1.19 bits per heavy atom. The molecule has 0 spiro atoms. The first kappa shape index (κ1) is 16.3. The molecule has 2 nitrogen and oxygen atoms in total. The first-order chi connectivity index (χ1) is 9.99. The largest absolute Gasteiger partial charge is 0.457 e. The summed E-state index contributed by atoms with van der Waals surface area (Å²) < 4.78 is 7.09. The van der Waals surface area contributed by atoms with Gasteiger partial charge in [0, 0.05) is 15.5 Å². The maximum absolute atomic E-state index is 6.10. The Kier molecular flexibility index (Phi) is 5.68. The summed E-state index contributed by atoms with van der Waals surface area (Å²) in [5, 5.41) is 0.661. The molecular formula is C17H19BrClNO. The lowest BCUT2D eigenvalue weighted by atomic mass is 10.0. The second kappa shape index (κ2) is 7.30. The molecule has 2 rings (SSSR count). The van der Waals surface area contributed by atoms with Crippen LogP contribution in [0, 0.1) is 6.92 Å². The van der Waals surface area contributed by atoms with Crippen molar-refractivity contribution in [1.29, 1.82) is 0 Å². The van der Waals surface area contributed by atoms with Gasteiger partial charge in [-0.3, -0.25) is 0 Å². The van der Waals surface area contributed by atoms with Crippen molar-refractivity contribution < 1.29 is 4.74 Å². The van der Waals surface area contributed by atoms with Gasteiger partial charge in [-0.1, -0.05) is 40.5 Å². The van der Waals surface area contributed by atoms with E-state index in [9.17, 15) is 0 Å². The smallest absolute Gasteiger partial charge is 0.132 e. The van der Waals surface area contributed by atoms with Crippen molar-refractivity contribution in [3.63, 3.8) is 0 Å². The van der Waals surface area contributed by atoms with Crippen molar-refractivity contribution in [2.24, 2.45) is 5.73 Å². The van der Waals surface area contributed by atoms with E-state index in [0.717, 1.165) is 39.9 Å². The maximum Gasteiger partial charge on any atom is 0.132 e. The van der Waals surface area contributed by atoms with E-state index in [2.05, 4.69) is 22.9 Å². The zero-order valence-electron chi connectivity index (χ0n) is 12.2. The predicted molar refractivity (Wildman–Crippen MR) is 92.4 cm³/mol. The first-order valence-corrected chi connectivity index (χ1v) is 8.14. The Bertz CT molecular complexity index is 630. The first-order valence-electron chi connectivity index (χ1n) is 6.97. The lowest BCUT2D eigenvalue weighted by molar-refractivity contribution is 0.468. The van der Waals surface area contributed by atoms with Gasteiger partial charge in [0.25, 0.3) is 0 Å². The minimum atomic E-state index is 0.125. The summed E-state index contributed by atoms with van der Waals surface area (Å²) in [7, 11) is 0. The standard InChI is InChI=1S/C17H19BrClNO/c1-3-15(20)9-12-4-6-14(19)10-17(12)21-16-7-5-13(18)8-11(16)2/h4-8,10,15H,3,9,20H2,1-2H3. The molecule has 0 aliphatic rings. The molecule has 0 amide bonds. The van der Waals surface area contributed by atoms with Crippen molar-refractivity contribution >= 4 is 27.5 Å². The molecule has 2 N–H and O–H groups in total. The van der Waals surface area contributed by atoms with Crippen LogP contribution in [0.3, 0.4) is 0 Å². The second-order valence-electron chi connectivity index (χ2n) is 5.14. The van der Waals surface area contributed by atoms with Crippen LogP contribution in [0.5, 0.6) is 11.5 Å². The highest BCUT2D eigenvalue weighted by Gasteiger charge is 2.11. The van der Waals surface area contributed by atoms with Crippen LogP contribution in [0.25, 0.3) is 0 Å². The molecule has 0 aromatic heterocycles. The van der Waals surface area contributed by atoms with Crippen molar-refractivity contribution in [3.8, 4) is 11.5 Å². The number of rotatable bonds is 5. The molecule has 1 atom stereocenters. The number of ether oxygens (including phenoxy) is 1. The van der Waals surface area contributed by atoms with Crippen LogP contribution in [0.2, 0.25) is 5.02 Å². The molecule has 0 fully saturated rings. The van der Waals surface area contributed by atoms with E-state index in [1.807, 2.05) is 43.3 Å². The molecule has 112 valence electrons. The third kappa shape index (κ3) is 4.47. The van der Waals surface area contributed by atoms with E-state index >= 15 is 0 Å². The van der Waals surface area contributed by atoms with Gasteiger partial charge in [-0.25, -0.2) is 0 Å². The van der Waals surface area contributed by atoms with Crippen LogP contribution in [-0.2, 0) is 6.42 Å². The van der Waals surface area contributed by atoms with Gasteiger partial charge in [0.05, 0.1) is 0 Å². The van der Waals surface area contributed by atoms with E-state index in [1.165, 1.54) is 0 Å². The molecule has 2 aromatic rings. The van der Waals surface area contributed by atoms with Crippen molar-refractivity contribution in [1.82, 2.24) is 0 Å². The van der Waals surface area contributed by atoms with Crippen molar-refractivity contribution in [3.05, 3.63) is 57.0 Å². The summed E-state index contributed by atoms with van der Waals surface area (Å²) in [4.78, 5) is 0. The fourth-order valence-electron chi connectivity index (χ4n) is 2.06. The van der Waals surface area contributed by atoms with E-state index in [1.54, 1.807) is 0 Å². The zero-order chi connectivity index (χ0) is 15.4. The molecule has 0 bridgehead atoms. The highest BCUT2D eigenvalue weighted by molar-refractivity contribution is 9.10. The molecule has 0 heterocycles. The van der Waals surface area contributed by atoms with Gasteiger partial charge in [-0.05, 0) is 61.2 Å². The summed E-state index contributed by atoms with van der Waals surface area (Å²) in [6.45, 7) is 4.10. The maximum atomic E-state index is 6.10. The summed E-state index contributed by atoms with van der Waals surface area (Å²) in [6.07, 6.45) is 1.71. The number of hydrogen-bond donors (Lipinski definition) is 1. The van der Waals surface area contributed by atoms with E-state index in [4.69, 9.17) is 22.1 Å². The average Bonchev–Trinajstić information content (AvgIpc) is 2.44. The number of hydrogen-bond acceptors (Lipinski definition) is 2. The highest BCUT2D eigenvalue weighted by atomic mass is 79.9. The van der Waals surface area contributed by atoms with Gasteiger partial charge >= 0.3 is 0 Å². The van der Waals surface area contributed by atoms with Crippen LogP contribution in [0.1, 0.15) is 24.5 Å². The average molecular weight is 369 g/mol. The number of aryl methyl sites for hydroxylation is 1. The summed E-state index contributed by atoms with van der Waals surface area (Å²) >= 11 is 9.56.